The molecular weight excluding hydrogens is 246 g/mol. The summed E-state index contributed by atoms with van der Waals surface area (Å²) in [6.07, 6.45) is 5.58. The van der Waals surface area contributed by atoms with Crippen LogP contribution in [-0.4, -0.2) is 11.0 Å². The fourth-order valence-electron chi connectivity index (χ4n) is 4.12. The molecule has 0 amide bonds. The maximum Gasteiger partial charge on any atom is 0.0727 e. The minimum atomic E-state index is 0.639. The van der Waals surface area contributed by atoms with Gasteiger partial charge in [0.25, 0.3) is 0 Å². The summed E-state index contributed by atoms with van der Waals surface area (Å²) in [4.78, 5) is 4.60. The Labute approximate surface area is 119 Å². The number of hydrogen-bond acceptors (Lipinski definition) is 3. The van der Waals surface area contributed by atoms with E-state index in [4.69, 9.17) is 5.73 Å². The topological polar surface area (TPSA) is 50.9 Å². The number of benzene rings is 1. The quantitative estimate of drug-likeness (QED) is 0.815. The summed E-state index contributed by atoms with van der Waals surface area (Å²) in [5, 5.41) is 4.94. The molecule has 0 radical (unpaired) electrons. The van der Waals surface area contributed by atoms with E-state index in [0.29, 0.717) is 6.04 Å². The molecule has 3 heteroatoms. The first-order valence-electron chi connectivity index (χ1n) is 7.62. The number of nitrogen functional groups attached to an aromatic ring is 1. The molecule has 2 aromatic rings. The molecule has 20 heavy (non-hydrogen) atoms. The van der Waals surface area contributed by atoms with Gasteiger partial charge in [-0.1, -0.05) is 6.42 Å². The Hall–Kier alpha value is -1.77. The fraction of sp³-hybridized carbons (Fsp3) is 0.471. The number of anilines is 2. The number of aryl methyl sites for hydroxylation is 1. The lowest BCUT2D eigenvalue weighted by molar-refractivity contribution is 0.440. The van der Waals surface area contributed by atoms with Gasteiger partial charge in [-0.3, -0.25) is 4.98 Å². The Balaban J connectivity index is 1.73. The van der Waals surface area contributed by atoms with E-state index >= 15 is 0 Å². The third kappa shape index (κ3) is 1.92. The standard InChI is InChI=1S/C17H21N3/c1-10-6-17(14-9-13(18)4-5-15(14)19-10)20-16-8-11-2-3-12(16)7-11/h4-6,9,11-12,16H,2-3,7-8,18H2,1H3,(H,19,20). The van der Waals surface area contributed by atoms with Crippen LogP contribution in [0, 0.1) is 18.8 Å². The average Bonchev–Trinajstić information content (AvgIpc) is 3.02. The molecule has 2 saturated carbocycles. The smallest absolute Gasteiger partial charge is 0.0727 e. The lowest BCUT2D eigenvalue weighted by Gasteiger charge is -2.25. The van der Waals surface area contributed by atoms with Crippen LogP contribution in [0.15, 0.2) is 24.3 Å². The van der Waals surface area contributed by atoms with Crippen molar-refractivity contribution in [3.05, 3.63) is 30.0 Å². The molecule has 3 atom stereocenters. The highest BCUT2D eigenvalue weighted by atomic mass is 14.9. The fourth-order valence-corrected chi connectivity index (χ4v) is 4.12. The van der Waals surface area contributed by atoms with Crippen molar-refractivity contribution >= 4 is 22.3 Å². The highest BCUT2D eigenvalue weighted by Gasteiger charge is 2.39. The molecule has 1 aromatic carbocycles. The Bertz CT molecular complexity index is 665. The van der Waals surface area contributed by atoms with Gasteiger partial charge >= 0.3 is 0 Å². The summed E-state index contributed by atoms with van der Waals surface area (Å²) in [7, 11) is 0. The van der Waals surface area contributed by atoms with Crippen molar-refractivity contribution in [1.29, 1.82) is 0 Å². The second-order valence-corrected chi connectivity index (χ2v) is 6.51. The molecule has 0 saturated heterocycles. The molecule has 2 bridgehead atoms. The van der Waals surface area contributed by atoms with Crippen LogP contribution in [0.3, 0.4) is 0 Å². The molecule has 1 aromatic heterocycles. The largest absolute Gasteiger partial charge is 0.399 e. The van der Waals surface area contributed by atoms with E-state index in [0.717, 1.165) is 34.1 Å². The van der Waals surface area contributed by atoms with Crippen molar-refractivity contribution in [3.63, 3.8) is 0 Å². The van der Waals surface area contributed by atoms with Gasteiger partial charge in [-0.15, -0.1) is 0 Å². The third-order valence-corrected chi connectivity index (χ3v) is 5.04. The summed E-state index contributed by atoms with van der Waals surface area (Å²) in [6, 6.07) is 8.78. The highest BCUT2D eigenvalue weighted by molar-refractivity contribution is 5.93. The van der Waals surface area contributed by atoms with E-state index in [2.05, 4.69) is 23.3 Å². The number of hydrogen-bond donors (Lipinski definition) is 2. The molecule has 4 rings (SSSR count). The third-order valence-electron chi connectivity index (χ3n) is 5.04. The number of pyridine rings is 1. The molecule has 3 nitrogen and oxygen atoms in total. The van der Waals surface area contributed by atoms with Crippen LogP contribution in [0.4, 0.5) is 11.4 Å². The second-order valence-electron chi connectivity index (χ2n) is 6.51. The van der Waals surface area contributed by atoms with Crippen LogP contribution in [0.1, 0.15) is 31.4 Å². The number of nitrogens with zero attached hydrogens (tertiary/aromatic N) is 1. The molecular formula is C17H21N3. The first-order valence-corrected chi connectivity index (χ1v) is 7.62. The number of nitrogens with one attached hydrogen (secondary N) is 1. The number of rotatable bonds is 2. The second kappa shape index (κ2) is 4.37. The van der Waals surface area contributed by atoms with Crippen LogP contribution in [0.2, 0.25) is 0 Å². The number of fused-ring (bicyclic) bond motifs is 3. The molecule has 0 aliphatic heterocycles. The molecule has 3 unspecified atom stereocenters. The molecule has 104 valence electrons. The van der Waals surface area contributed by atoms with E-state index in [1.165, 1.54) is 31.4 Å². The van der Waals surface area contributed by atoms with Crippen LogP contribution >= 0.6 is 0 Å². The number of nitrogens with two attached hydrogens (primary N) is 1. The highest BCUT2D eigenvalue weighted by Crippen LogP contribution is 2.46. The maximum atomic E-state index is 5.94. The zero-order valence-corrected chi connectivity index (χ0v) is 11.9. The van der Waals surface area contributed by atoms with Gasteiger partial charge in [0, 0.05) is 28.5 Å². The van der Waals surface area contributed by atoms with Crippen LogP contribution in [-0.2, 0) is 0 Å². The van der Waals surface area contributed by atoms with E-state index in [9.17, 15) is 0 Å². The SMILES string of the molecule is Cc1cc(NC2CC3CCC2C3)c2cc(N)ccc2n1. The summed E-state index contributed by atoms with van der Waals surface area (Å²) in [5.74, 6) is 1.82. The van der Waals surface area contributed by atoms with Gasteiger partial charge in [-0.05, 0) is 62.3 Å². The van der Waals surface area contributed by atoms with Crippen molar-refractivity contribution in [2.75, 3.05) is 11.1 Å². The predicted octanol–water partition coefficient (Wildman–Crippen LogP) is 3.73. The normalized spacial score (nSPS) is 28.1. The van der Waals surface area contributed by atoms with Crippen molar-refractivity contribution in [2.45, 2.75) is 38.6 Å². The van der Waals surface area contributed by atoms with E-state index < -0.39 is 0 Å². The summed E-state index contributed by atoms with van der Waals surface area (Å²) < 4.78 is 0. The Morgan fingerprint density at radius 2 is 2.10 bits per heavy atom. The van der Waals surface area contributed by atoms with Crippen molar-refractivity contribution in [3.8, 4) is 0 Å². The molecule has 2 fully saturated rings. The Kier molecular flexibility index (Phi) is 2.62. The van der Waals surface area contributed by atoms with Gasteiger partial charge < -0.3 is 11.1 Å². The zero-order valence-electron chi connectivity index (χ0n) is 11.9. The monoisotopic (exact) mass is 267 g/mol. The van der Waals surface area contributed by atoms with Gasteiger partial charge in [0.05, 0.1) is 5.52 Å². The van der Waals surface area contributed by atoms with Crippen LogP contribution in [0.5, 0.6) is 0 Å². The first-order chi connectivity index (χ1) is 9.69. The predicted molar refractivity (Wildman–Crippen MR) is 83.8 cm³/mol. The van der Waals surface area contributed by atoms with E-state index in [1.54, 1.807) is 0 Å². The van der Waals surface area contributed by atoms with Gasteiger partial charge in [0.15, 0.2) is 0 Å². The van der Waals surface area contributed by atoms with Crippen LogP contribution < -0.4 is 11.1 Å². The molecule has 2 aliphatic rings. The molecule has 1 heterocycles. The number of aromatic nitrogens is 1. The average molecular weight is 267 g/mol. The first kappa shape index (κ1) is 12.0. The van der Waals surface area contributed by atoms with Crippen molar-refractivity contribution in [2.24, 2.45) is 11.8 Å². The lowest BCUT2D eigenvalue weighted by atomic mass is 9.95. The summed E-state index contributed by atoms with van der Waals surface area (Å²) >= 11 is 0. The summed E-state index contributed by atoms with van der Waals surface area (Å²) in [6.45, 7) is 2.06. The van der Waals surface area contributed by atoms with Crippen molar-refractivity contribution < 1.29 is 0 Å². The Morgan fingerprint density at radius 3 is 2.85 bits per heavy atom. The Morgan fingerprint density at radius 1 is 1.20 bits per heavy atom. The van der Waals surface area contributed by atoms with Gasteiger partial charge in [0.2, 0.25) is 0 Å². The van der Waals surface area contributed by atoms with Gasteiger partial charge in [-0.2, -0.15) is 0 Å². The van der Waals surface area contributed by atoms with Gasteiger partial charge in [-0.25, -0.2) is 0 Å². The summed E-state index contributed by atoms with van der Waals surface area (Å²) in [5.41, 5.74) is 10.0. The molecule has 3 N–H and O–H groups in total. The van der Waals surface area contributed by atoms with Gasteiger partial charge in [0.1, 0.15) is 0 Å². The zero-order chi connectivity index (χ0) is 13.7. The molecule has 0 spiro atoms. The lowest BCUT2D eigenvalue weighted by Crippen LogP contribution is -2.26. The van der Waals surface area contributed by atoms with Crippen molar-refractivity contribution in [1.82, 2.24) is 4.98 Å². The van der Waals surface area contributed by atoms with Crippen LogP contribution in [0.25, 0.3) is 10.9 Å². The minimum absolute atomic E-state index is 0.639. The molecule has 2 aliphatic carbocycles. The maximum absolute atomic E-state index is 5.94. The van der Waals surface area contributed by atoms with E-state index in [-0.39, 0.29) is 0 Å². The minimum Gasteiger partial charge on any atom is -0.399 e. The van der Waals surface area contributed by atoms with E-state index in [1.807, 2.05) is 18.2 Å².